The van der Waals surface area contributed by atoms with Gasteiger partial charge in [-0.1, -0.05) is 210 Å². The van der Waals surface area contributed by atoms with Crippen LogP contribution < -0.4 is 5.32 Å². The van der Waals surface area contributed by atoms with Crippen molar-refractivity contribution in [2.45, 2.75) is 257 Å². The van der Waals surface area contributed by atoms with E-state index in [1.54, 1.807) is 0 Å². The number of unbranched alkanes of at least 4 members (excludes halogenated alkanes) is 24. The molecule has 0 spiro atoms. The molecule has 0 saturated heterocycles. The first-order valence-electron chi connectivity index (χ1n) is 25.0. The minimum atomic E-state index is -0.794. The van der Waals surface area contributed by atoms with Crippen molar-refractivity contribution in [1.29, 1.82) is 0 Å². The third kappa shape index (κ3) is 42.1. The van der Waals surface area contributed by atoms with E-state index in [-0.39, 0.29) is 24.9 Å². The van der Waals surface area contributed by atoms with E-state index in [0.29, 0.717) is 19.3 Å². The van der Waals surface area contributed by atoms with E-state index < -0.39 is 18.2 Å². The highest BCUT2D eigenvalue weighted by Gasteiger charge is 2.24. The van der Waals surface area contributed by atoms with Gasteiger partial charge in [0.25, 0.3) is 0 Å². The van der Waals surface area contributed by atoms with Gasteiger partial charge in [0, 0.05) is 6.42 Å². The first-order chi connectivity index (χ1) is 29.0. The number of nitrogens with one attached hydrogen (secondary N) is 1. The van der Waals surface area contributed by atoms with Gasteiger partial charge in [-0.3, -0.25) is 9.59 Å². The molecule has 3 N–H and O–H groups in total. The first-order valence-corrected chi connectivity index (χ1v) is 25.0. The SMILES string of the molecule is CC/C=C/C=C/C=C/CCCCCCCC(CC(=O)NC(CO)C(O)CCCCCCCCCCCC)OC(=O)CCCCCCCCC/C=C\C/C=C\CCCCC. The molecular formula is C53H95NO5. The van der Waals surface area contributed by atoms with Crippen LogP contribution in [0.15, 0.2) is 60.8 Å². The van der Waals surface area contributed by atoms with Gasteiger partial charge in [-0.05, 0) is 77.0 Å². The number of allylic oxidation sites excluding steroid dienone is 10. The Kier molecular flexibility index (Phi) is 44.7. The third-order valence-electron chi connectivity index (χ3n) is 11.1. The topological polar surface area (TPSA) is 95.9 Å². The number of carbonyl (C=O) groups is 2. The molecule has 0 aromatic rings. The summed E-state index contributed by atoms with van der Waals surface area (Å²) < 4.78 is 5.92. The van der Waals surface area contributed by atoms with Crippen LogP contribution in [-0.2, 0) is 14.3 Å². The summed E-state index contributed by atoms with van der Waals surface area (Å²) in [6.07, 6.45) is 57.1. The average molecular weight is 826 g/mol. The molecule has 0 saturated carbocycles. The second-order valence-electron chi connectivity index (χ2n) is 16.9. The van der Waals surface area contributed by atoms with Gasteiger partial charge in [0.2, 0.25) is 5.91 Å². The Labute approximate surface area is 365 Å². The summed E-state index contributed by atoms with van der Waals surface area (Å²) in [6.45, 7) is 6.30. The standard InChI is InChI=1S/C53H95NO5/c1-4-7-10-13-16-19-22-24-25-26-27-29-31-34-37-40-43-46-53(58)59-49(44-41-38-35-32-30-28-23-20-17-14-11-8-5-2)47-52(57)54-50(48-55)51(56)45-42-39-36-33-21-18-15-12-9-6-3/h8,11,14,16-17,19-20,23-25,49-51,55-56H,4-7,9-10,12-13,15,18,21-22,26-48H2,1-3H3,(H,54,57)/b11-8+,17-14+,19-16-,23-20+,25-24-. The molecule has 0 aromatic heterocycles. The summed E-state index contributed by atoms with van der Waals surface area (Å²) in [4.78, 5) is 26.1. The molecule has 0 fully saturated rings. The summed E-state index contributed by atoms with van der Waals surface area (Å²) in [6, 6.07) is -0.710. The average Bonchev–Trinajstić information content (AvgIpc) is 3.23. The molecule has 59 heavy (non-hydrogen) atoms. The molecule has 0 aliphatic carbocycles. The van der Waals surface area contributed by atoms with Crippen molar-refractivity contribution in [2.75, 3.05) is 6.61 Å². The smallest absolute Gasteiger partial charge is 0.306 e. The van der Waals surface area contributed by atoms with Crippen LogP contribution in [0.2, 0.25) is 0 Å². The van der Waals surface area contributed by atoms with Crippen LogP contribution in [0, 0.1) is 0 Å². The quantitative estimate of drug-likeness (QED) is 0.0246. The number of hydrogen-bond acceptors (Lipinski definition) is 5. The van der Waals surface area contributed by atoms with Gasteiger partial charge in [0.1, 0.15) is 6.10 Å². The Hall–Kier alpha value is -2.44. The number of esters is 1. The van der Waals surface area contributed by atoms with Gasteiger partial charge in [-0.25, -0.2) is 0 Å². The van der Waals surface area contributed by atoms with Crippen LogP contribution in [0.1, 0.15) is 239 Å². The second-order valence-corrected chi connectivity index (χ2v) is 16.9. The van der Waals surface area contributed by atoms with E-state index >= 15 is 0 Å². The molecule has 0 heterocycles. The molecule has 0 bridgehead atoms. The van der Waals surface area contributed by atoms with Gasteiger partial charge < -0.3 is 20.3 Å². The number of hydrogen-bond donors (Lipinski definition) is 3. The van der Waals surface area contributed by atoms with Crippen molar-refractivity contribution in [2.24, 2.45) is 0 Å². The highest BCUT2D eigenvalue weighted by Crippen LogP contribution is 2.17. The first kappa shape index (κ1) is 56.6. The van der Waals surface area contributed by atoms with Gasteiger partial charge >= 0.3 is 5.97 Å². The van der Waals surface area contributed by atoms with Gasteiger partial charge in [-0.15, -0.1) is 0 Å². The monoisotopic (exact) mass is 826 g/mol. The molecule has 3 atom stereocenters. The fraction of sp³-hybridized carbons (Fsp3) is 0.774. The number of carbonyl (C=O) groups excluding carboxylic acids is 2. The van der Waals surface area contributed by atoms with Crippen LogP contribution in [0.4, 0.5) is 0 Å². The van der Waals surface area contributed by atoms with Crippen molar-refractivity contribution in [3.05, 3.63) is 60.8 Å². The van der Waals surface area contributed by atoms with Gasteiger partial charge in [0.05, 0.1) is 25.2 Å². The fourth-order valence-corrected chi connectivity index (χ4v) is 7.34. The summed E-state index contributed by atoms with van der Waals surface area (Å²) in [5, 5.41) is 23.7. The van der Waals surface area contributed by atoms with Crippen LogP contribution in [0.5, 0.6) is 0 Å². The third-order valence-corrected chi connectivity index (χ3v) is 11.1. The van der Waals surface area contributed by atoms with Crippen LogP contribution in [0.3, 0.4) is 0 Å². The largest absolute Gasteiger partial charge is 0.462 e. The Morgan fingerprint density at radius 3 is 1.54 bits per heavy atom. The summed E-state index contributed by atoms with van der Waals surface area (Å²) in [7, 11) is 0. The molecule has 6 nitrogen and oxygen atoms in total. The molecule has 0 radical (unpaired) electrons. The predicted molar refractivity (Wildman–Crippen MR) is 255 cm³/mol. The lowest BCUT2D eigenvalue weighted by molar-refractivity contribution is -0.151. The number of rotatable bonds is 44. The molecule has 342 valence electrons. The number of aliphatic hydroxyl groups excluding tert-OH is 2. The minimum Gasteiger partial charge on any atom is -0.462 e. The lowest BCUT2D eigenvalue weighted by Crippen LogP contribution is -2.46. The predicted octanol–water partition coefficient (Wildman–Crippen LogP) is 14.8. The van der Waals surface area contributed by atoms with E-state index in [1.807, 2.05) is 0 Å². The van der Waals surface area contributed by atoms with Crippen molar-refractivity contribution in [1.82, 2.24) is 5.32 Å². The van der Waals surface area contributed by atoms with Crippen molar-refractivity contribution in [3.63, 3.8) is 0 Å². The Bertz CT molecular complexity index is 1060. The molecule has 6 heteroatoms. The lowest BCUT2D eigenvalue weighted by Gasteiger charge is -2.24. The zero-order valence-electron chi connectivity index (χ0n) is 38.9. The second kappa shape index (κ2) is 46.6. The van der Waals surface area contributed by atoms with Crippen LogP contribution in [-0.4, -0.2) is 46.9 Å². The number of ether oxygens (including phenoxy) is 1. The van der Waals surface area contributed by atoms with Crippen molar-refractivity contribution >= 4 is 11.9 Å². The minimum absolute atomic E-state index is 0.0594. The van der Waals surface area contributed by atoms with E-state index in [2.05, 4.69) is 86.8 Å². The molecule has 0 aliphatic rings. The molecule has 0 aliphatic heterocycles. The van der Waals surface area contributed by atoms with E-state index in [9.17, 15) is 19.8 Å². The summed E-state index contributed by atoms with van der Waals surface area (Å²) in [5.41, 5.74) is 0. The Morgan fingerprint density at radius 1 is 0.525 bits per heavy atom. The maximum Gasteiger partial charge on any atom is 0.306 e. The number of amides is 1. The van der Waals surface area contributed by atoms with Crippen LogP contribution in [0.25, 0.3) is 0 Å². The van der Waals surface area contributed by atoms with Gasteiger partial charge in [0.15, 0.2) is 0 Å². The maximum atomic E-state index is 13.2. The maximum absolute atomic E-state index is 13.2. The van der Waals surface area contributed by atoms with E-state index in [0.717, 1.165) is 96.3 Å². The molecule has 1 amide bonds. The summed E-state index contributed by atoms with van der Waals surface area (Å²) in [5.74, 6) is -0.503. The molecule has 3 unspecified atom stereocenters. The molecular weight excluding hydrogens is 731 g/mol. The van der Waals surface area contributed by atoms with Crippen molar-refractivity contribution in [3.8, 4) is 0 Å². The van der Waals surface area contributed by atoms with Crippen molar-refractivity contribution < 1.29 is 24.5 Å². The lowest BCUT2D eigenvalue weighted by atomic mass is 10.0. The molecule has 0 rings (SSSR count). The highest BCUT2D eigenvalue weighted by molar-refractivity contribution is 5.77. The summed E-state index contributed by atoms with van der Waals surface area (Å²) >= 11 is 0. The normalized spacial score (nSPS) is 13.8. The number of aliphatic hydroxyl groups is 2. The van der Waals surface area contributed by atoms with E-state index in [4.69, 9.17) is 4.74 Å². The Balaban J connectivity index is 4.60. The zero-order chi connectivity index (χ0) is 43.1. The highest BCUT2D eigenvalue weighted by atomic mass is 16.5. The zero-order valence-corrected chi connectivity index (χ0v) is 38.9. The molecule has 0 aromatic carbocycles. The Morgan fingerprint density at radius 2 is 0.983 bits per heavy atom. The van der Waals surface area contributed by atoms with Crippen LogP contribution >= 0.6 is 0 Å². The van der Waals surface area contributed by atoms with Gasteiger partial charge in [-0.2, -0.15) is 0 Å². The fourth-order valence-electron chi connectivity index (χ4n) is 7.34. The van der Waals surface area contributed by atoms with E-state index in [1.165, 1.54) is 96.3 Å².